The minimum absolute atomic E-state index is 0.181. The zero-order valence-electron chi connectivity index (χ0n) is 11.1. The van der Waals surface area contributed by atoms with Gasteiger partial charge >= 0.3 is 0 Å². The molecular formula is C15H17FN2O2. The van der Waals surface area contributed by atoms with Crippen molar-refractivity contribution in [2.45, 2.75) is 18.9 Å². The number of rotatable bonds is 3. The lowest BCUT2D eigenvalue weighted by atomic mass is 9.88. The Balaban J connectivity index is 1.87. The molecule has 1 aliphatic heterocycles. The number of nitrogens with zero attached hydrogens (tertiary/aromatic N) is 1. The second-order valence-corrected chi connectivity index (χ2v) is 5.10. The number of H-pyrrole nitrogens is 1. The fourth-order valence-electron chi connectivity index (χ4n) is 2.65. The maximum atomic E-state index is 13.0. The number of nitrogens with one attached hydrogen (secondary N) is 1. The summed E-state index contributed by atoms with van der Waals surface area (Å²) in [6.45, 7) is 1.37. The van der Waals surface area contributed by atoms with Crippen LogP contribution in [-0.2, 0) is 4.74 Å². The SMILES string of the molecule is OC(c1cn[nH]c1-c1ccc(F)cc1)C1CCOCC1. The minimum atomic E-state index is -0.572. The van der Waals surface area contributed by atoms with Crippen LogP contribution in [0.5, 0.6) is 0 Å². The van der Waals surface area contributed by atoms with Gasteiger partial charge in [-0.3, -0.25) is 5.10 Å². The molecule has 2 aromatic rings. The van der Waals surface area contributed by atoms with Crippen molar-refractivity contribution >= 4 is 0 Å². The monoisotopic (exact) mass is 276 g/mol. The first kappa shape index (κ1) is 13.3. The van der Waals surface area contributed by atoms with Crippen LogP contribution in [-0.4, -0.2) is 28.5 Å². The van der Waals surface area contributed by atoms with Gasteiger partial charge in [0.05, 0.1) is 18.0 Å². The molecule has 1 aromatic carbocycles. The van der Waals surface area contributed by atoms with Gasteiger partial charge in [-0.25, -0.2) is 4.39 Å². The number of aliphatic hydroxyl groups excluding tert-OH is 1. The summed E-state index contributed by atoms with van der Waals surface area (Å²) in [7, 11) is 0. The topological polar surface area (TPSA) is 58.1 Å². The Morgan fingerprint density at radius 3 is 2.65 bits per heavy atom. The number of aromatic amines is 1. The first-order valence-electron chi connectivity index (χ1n) is 6.80. The van der Waals surface area contributed by atoms with Gasteiger partial charge in [0.2, 0.25) is 0 Å². The van der Waals surface area contributed by atoms with Gasteiger partial charge in [-0.2, -0.15) is 5.10 Å². The summed E-state index contributed by atoms with van der Waals surface area (Å²) in [5, 5.41) is 17.5. The molecule has 1 unspecified atom stereocenters. The van der Waals surface area contributed by atoms with Gasteiger partial charge in [0.25, 0.3) is 0 Å². The Bertz CT molecular complexity index is 562. The van der Waals surface area contributed by atoms with Crippen molar-refractivity contribution in [1.29, 1.82) is 0 Å². The molecule has 5 heteroatoms. The highest BCUT2D eigenvalue weighted by atomic mass is 19.1. The second-order valence-electron chi connectivity index (χ2n) is 5.10. The molecule has 2 heterocycles. The van der Waals surface area contributed by atoms with E-state index in [9.17, 15) is 9.50 Å². The molecular weight excluding hydrogens is 259 g/mol. The highest BCUT2D eigenvalue weighted by molar-refractivity contribution is 5.63. The van der Waals surface area contributed by atoms with E-state index in [1.165, 1.54) is 12.1 Å². The van der Waals surface area contributed by atoms with E-state index in [0.717, 1.165) is 29.7 Å². The molecule has 106 valence electrons. The molecule has 0 aliphatic carbocycles. The molecule has 20 heavy (non-hydrogen) atoms. The van der Waals surface area contributed by atoms with E-state index < -0.39 is 6.10 Å². The van der Waals surface area contributed by atoms with E-state index in [-0.39, 0.29) is 11.7 Å². The van der Waals surface area contributed by atoms with Crippen LogP contribution in [0.3, 0.4) is 0 Å². The molecule has 1 atom stereocenters. The normalized spacial score (nSPS) is 18.1. The van der Waals surface area contributed by atoms with Gasteiger partial charge in [0.15, 0.2) is 0 Å². The molecule has 0 radical (unpaired) electrons. The third-order valence-corrected chi connectivity index (χ3v) is 3.83. The van der Waals surface area contributed by atoms with Crippen molar-refractivity contribution in [3.8, 4) is 11.3 Å². The summed E-state index contributed by atoms with van der Waals surface area (Å²) < 4.78 is 18.3. The lowest BCUT2D eigenvalue weighted by molar-refractivity contribution is 0.00740. The van der Waals surface area contributed by atoms with Crippen molar-refractivity contribution in [2.75, 3.05) is 13.2 Å². The summed E-state index contributed by atoms with van der Waals surface area (Å²) in [6, 6.07) is 6.17. The largest absolute Gasteiger partial charge is 0.388 e. The number of benzene rings is 1. The molecule has 0 bridgehead atoms. The van der Waals surface area contributed by atoms with Crippen molar-refractivity contribution in [3.63, 3.8) is 0 Å². The molecule has 1 fully saturated rings. The van der Waals surface area contributed by atoms with E-state index in [0.29, 0.717) is 13.2 Å². The number of hydrogen-bond donors (Lipinski definition) is 2. The van der Waals surface area contributed by atoms with Crippen molar-refractivity contribution < 1.29 is 14.2 Å². The maximum absolute atomic E-state index is 13.0. The molecule has 2 N–H and O–H groups in total. The molecule has 0 spiro atoms. The summed E-state index contributed by atoms with van der Waals surface area (Å²) >= 11 is 0. The standard InChI is InChI=1S/C15H17FN2O2/c16-12-3-1-10(2-4-12)14-13(9-17-18-14)15(19)11-5-7-20-8-6-11/h1-4,9,11,15,19H,5-8H2,(H,17,18). The average Bonchev–Trinajstić information content (AvgIpc) is 2.97. The number of aliphatic hydroxyl groups is 1. The summed E-state index contributed by atoms with van der Waals surface area (Å²) in [4.78, 5) is 0. The van der Waals surface area contributed by atoms with Gasteiger partial charge in [0, 0.05) is 24.3 Å². The predicted octanol–water partition coefficient (Wildman–Crippen LogP) is 2.68. The molecule has 1 aromatic heterocycles. The van der Waals surface area contributed by atoms with E-state index in [4.69, 9.17) is 4.74 Å². The predicted molar refractivity (Wildman–Crippen MR) is 72.5 cm³/mol. The van der Waals surface area contributed by atoms with Crippen LogP contribution in [0.25, 0.3) is 11.3 Å². The molecule has 0 amide bonds. The zero-order chi connectivity index (χ0) is 13.9. The van der Waals surface area contributed by atoms with Crippen LogP contribution >= 0.6 is 0 Å². The van der Waals surface area contributed by atoms with Gasteiger partial charge in [-0.1, -0.05) is 0 Å². The Kier molecular flexibility index (Phi) is 3.80. The van der Waals surface area contributed by atoms with Gasteiger partial charge in [-0.05, 0) is 43.0 Å². The van der Waals surface area contributed by atoms with Crippen LogP contribution in [0.4, 0.5) is 4.39 Å². The first-order valence-corrected chi connectivity index (χ1v) is 6.80. The van der Waals surface area contributed by atoms with Gasteiger partial charge in [-0.15, -0.1) is 0 Å². The van der Waals surface area contributed by atoms with Crippen LogP contribution in [0.2, 0.25) is 0 Å². The number of halogens is 1. The van der Waals surface area contributed by atoms with Crippen LogP contribution in [0.1, 0.15) is 24.5 Å². The number of ether oxygens (including phenoxy) is 1. The Morgan fingerprint density at radius 2 is 1.95 bits per heavy atom. The Hall–Kier alpha value is -1.72. The van der Waals surface area contributed by atoms with E-state index in [2.05, 4.69) is 10.2 Å². The Labute approximate surface area is 116 Å². The average molecular weight is 276 g/mol. The number of aromatic nitrogens is 2. The molecule has 0 saturated carbocycles. The molecule has 3 rings (SSSR count). The fourth-order valence-corrected chi connectivity index (χ4v) is 2.65. The number of hydrogen-bond acceptors (Lipinski definition) is 3. The molecule has 1 saturated heterocycles. The Morgan fingerprint density at radius 1 is 1.25 bits per heavy atom. The third-order valence-electron chi connectivity index (χ3n) is 3.83. The summed E-state index contributed by atoms with van der Waals surface area (Å²) in [6.07, 6.45) is 2.76. The quantitative estimate of drug-likeness (QED) is 0.906. The van der Waals surface area contributed by atoms with E-state index in [1.807, 2.05) is 0 Å². The maximum Gasteiger partial charge on any atom is 0.123 e. The van der Waals surface area contributed by atoms with E-state index in [1.54, 1.807) is 18.3 Å². The first-order chi connectivity index (χ1) is 9.75. The van der Waals surface area contributed by atoms with Crippen molar-refractivity contribution in [2.24, 2.45) is 5.92 Å². The molecule has 1 aliphatic rings. The fraction of sp³-hybridized carbons (Fsp3) is 0.400. The second kappa shape index (κ2) is 5.73. The van der Waals surface area contributed by atoms with Gasteiger partial charge < -0.3 is 9.84 Å². The molecule has 4 nitrogen and oxygen atoms in total. The lowest BCUT2D eigenvalue weighted by Gasteiger charge is -2.26. The summed E-state index contributed by atoms with van der Waals surface area (Å²) in [5.74, 6) is -0.0969. The summed E-state index contributed by atoms with van der Waals surface area (Å²) in [5.41, 5.74) is 2.34. The highest BCUT2D eigenvalue weighted by Gasteiger charge is 2.26. The van der Waals surface area contributed by atoms with Gasteiger partial charge in [0.1, 0.15) is 5.82 Å². The minimum Gasteiger partial charge on any atom is -0.388 e. The van der Waals surface area contributed by atoms with Crippen LogP contribution < -0.4 is 0 Å². The van der Waals surface area contributed by atoms with Crippen molar-refractivity contribution in [3.05, 3.63) is 41.8 Å². The smallest absolute Gasteiger partial charge is 0.123 e. The lowest BCUT2D eigenvalue weighted by Crippen LogP contribution is -2.22. The van der Waals surface area contributed by atoms with E-state index >= 15 is 0 Å². The van der Waals surface area contributed by atoms with Crippen LogP contribution in [0.15, 0.2) is 30.5 Å². The van der Waals surface area contributed by atoms with Crippen molar-refractivity contribution in [1.82, 2.24) is 10.2 Å². The van der Waals surface area contributed by atoms with Crippen LogP contribution in [0, 0.1) is 11.7 Å². The zero-order valence-corrected chi connectivity index (χ0v) is 11.1. The highest BCUT2D eigenvalue weighted by Crippen LogP contribution is 2.34. The third kappa shape index (κ3) is 2.59.